The molecular formula is C12H12O8. The Bertz CT molecular complexity index is 426. The van der Waals surface area contributed by atoms with Crippen LogP contribution in [0.4, 0.5) is 0 Å². The maximum Gasteiger partial charge on any atom is 0.333 e. The Morgan fingerprint density at radius 1 is 0.950 bits per heavy atom. The van der Waals surface area contributed by atoms with Gasteiger partial charge in [-0.05, 0) is 0 Å². The van der Waals surface area contributed by atoms with Crippen LogP contribution in [0.5, 0.6) is 0 Å². The van der Waals surface area contributed by atoms with Crippen LogP contribution in [-0.4, -0.2) is 41.9 Å². The Morgan fingerprint density at radius 3 is 1.85 bits per heavy atom. The summed E-state index contributed by atoms with van der Waals surface area (Å²) in [5.74, 6) is -4.15. The largest absolute Gasteiger partial charge is 0.478 e. The van der Waals surface area contributed by atoms with Gasteiger partial charge in [-0.1, -0.05) is 13.2 Å². The summed E-state index contributed by atoms with van der Waals surface area (Å²) < 4.78 is 13.7. The quantitative estimate of drug-likeness (QED) is 0.375. The summed E-state index contributed by atoms with van der Waals surface area (Å²) in [6.07, 6.45) is 1.35. The number of carboxylic acid groups (broad SMARTS) is 1. The van der Waals surface area contributed by atoms with Crippen molar-refractivity contribution in [3.8, 4) is 0 Å². The van der Waals surface area contributed by atoms with E-state index in [-0.39, 0.29) is 0 Å². The number of hydrogen-bond acceptors (Lipinski definition) is 7. The Hall–Kier alpha value is -2.90. The normalized spacial score (nSPS) is 9.85. The van der Waals surface area contributed by atoms with Crippen molar-refractivity contribution in [2.75, 3.05) is 6.61 Å². The fourth-order valence-electron chi connectivity index (χ4n) is 0.785. The molecule has 108 valence electrons. The molecule has 0 fully saturated rings. The predicted octanol–water partition coefficient (Wildman–Crippen LogP) is -0.0451. The van der Waals surface area contributed by atoms with Gasteiger partial charge in [-0.25, -0.2) is 19.2 Å². The van der Waals surface area contributed by atoms with Crippen molar-refractivity contribution in [2.45, 2.75) is 6.29 Å². The van der Waals surface area contributed by atoms with Crippen molar-refractivity contribution in [3.63, 3.8) is 0 Å². The summed E-state index contributed by atoms with van der Waals surface area (Å²) >= 11 is 0. The molecule has 0 aromatic heterocycles. The van der Waals surface area contributed by atoms with Crippen molar-refractivity contribution in [2.24, 2.45) is 0 Å². The zero-order chi connectivity index (χ0) is 15.5. The number of hydrogen-bond donors (Lipinski definition) is 1. The molecule has 8 heteroatoms. The molecule has 20 heavy (non-hydrogen) atoms. The molecule has 0 aliphatic carbocycles. The SMILES string of the molecule is C=CC(=O)OC(COC(=O)C=CC(=O)O)OC(=O)C=C. The Labute approximate surface area is 113 Å². The maximum atomic E-state index is 11.1. The first-order chi connectivity index (χ1) is 9.38. The van der Waals surface area contributed by atoms with E-state index in [4.69, 9.17) is 5.11 Å². The lowest BCUT2D eigenvalue weighted by atomic mass is 10.5. The predicted molar refractivity (Wildman–Crippen MR) is 64.1 cm³/mol. The van der Waals surface area contributed by atoms with Gasteiger partial charge in [-0.3, -0.25) is 0 Å². The van der Waals surface area contributed by atoms with E-state index in [0.29, 0.717) is 12.2 Å². The van der Waals surface area contributed by atoms with E-state index in [9.17, 15) is 19.2 Å². The van der Waals surface area contributed by atoms with E-state index < -0.39 is 36.8 Å². The first kappa shape index (κ1) is 17.1. The number of rotatable bonds is 8. The molecule has 0 amide bonds. The van der Waals surface area contributed by atoms with Gasteiger partial charge < -0.3 is 19.3 Å². The molecule has 0 radical (unpaired) electrons. The number of carboxylic acids is 1. The highest BCUT2D eigenvalue weighted by atomic mass is 16.7. The third kappa shape index (κ3) is 8.23. The second-order valence-electron chi connectivity index (χ2n) is 3.01. The van der Waals surface area contributed by atoms with E-state index in [1.807, 2.05) is 0 Å². The van der Waals surface area contributed by atoms with Crippen molar-refractivity contribution in [3.05, 3.63) is 37.5 Å². The highest BCUT2D eigenvalue weighted by Crippen LogP contribution is 2.00. The summed E-state index contributed by atoms with van der Waals surface area (Å²) in [6.45, 7) is 5.67. The third-order valence-corrected chi connectivity index (χ3v) is 1.55. The smallest absolute Gasteiger partial charge is 0.333 e. The minimum Gasteiger partial charge on any atom is -0.478 e. The molecule has 0 aromatic rings. The van der Waals surface area contributed by atoms with Gasteiger partial charge in [0.25, 0.3) is 6.29 Å². The van der Waals surface area contributed by atoms with E-state index in [1.54, 1.807) is 0 Å². The minimum atomic E-state index is -1.49. The molecule has 0 heterocycles. The average Bonchev–Trinajstić information content (AvgIpc) is 2.41. The van der Waals surface area contributed by atoms with Crippen molar-refractivity contribution in [1.29, 1.82) is 0 Å². The van der Waals surface area contributed by atoms with Gasteiger partial charge >= 0.3 is 23.9 Å². The monoisotopic (exact) mass is 284 g/mol. The lowest BCUT2D eigenvalue weighted by Crippen LogP contribution is -2.29. The highest BCUT2D eigenvalue weighted by molar-refractivity contribution is 5.90. The van der Waals surface area contributed by atoms with E-state index in [0.717, 1.165) is 12.2 Å². The third-order valence-electron chi connectivity index (χ3n) is 1.55. The van der Waals surface area contributed by atoms with Crippen LogP contribution in [0.3, 0.4) is 0 Å². The molecule has 0 bridgehead atoms. The van der Waals surface area contributed by atoms with Crippen LogP contribution in [0, 0.1) is 0 Å². The van der Waals surface area contributed by atoms with Crippen molar-refractivity contribution in [1.82, 2.24) is 0 Å². The van der Waals surface area contributed by atoms with E-state index in [1.165, 1.54) is 0 Å². The second kappa shape index (κ2) is 9.09. The number of carbonyl (C=O) groups excluding carboxylic acids is 3. The Morgan fingerprint density at radius 2 is 1.45 bits per heavy atom. The van der Waals surface area contributed by atoms with Crippen LogP contribution in [0.25, 0.3) is 0 Å². The topological polar surface area (TPSA) is 116 Å². The maximum absolute atomic E-state index is 11.1. The zero-order valence-electron chi connectivity index (χ0n) is 10.3. The Balaban J connectivity index is 4.48. The molecular weight excluding hydrogens is 272 g/mol. The van der Waals surface area contributed by atoms with Crippen LogP contribution >= 0.6 is 0 Å². The summed E-state index contributed by atoms with van der Waals surface area (Å²) in [4.78, 5) is 43.1. The molecule has 1 N–H and O–H groups in total. The molecule has 0 aliphatic heterocycles. The number of esters is 3. The van der Waals surface area contributed by atoms with Crippen molar-refractivity contribution >= 4 is 23.9 Å². The van der Waals surface area contributed by atoms with Gasteiger partial charge in [0.05, 0.1) is 0 Å². The lowest BCUT2D eigenvalue weighted by molar-refractivity contribution is -0.192. The van der Waals surface area contributed by atoms with E-state index in [2.05, 4.69) is 27.4 Å². The summed E-state index contributed by atoms with van der Waals surface area (Å²) in [6, 6.07) is 0. The fraction of sp³-hybridized carbons (Fsp3) is 0.167. The molecule has 0 saturated heterocycles. The molecule has 8 nitrogen and oxygen atoms in total. The van der Waals surface area contributed by atoms with Crippen LogP contribution in [0.1, 0.15) is 0 Å². The Kier molecular flexibility index (Phi) is 7.77. The molecule has 0 saturated carbocycles. The number of ether oxygens (including phenoxy) is 3. The number of aliphatic carboxylic acids is 1. The first-order valence-electron chi connectivity index (χ1n) is 5.13. The van der Waals surface area contributed by atoms with Gasteiger partial charge in [0.2, 0.25) is 0 Å². The second-order valence-corrected chi connectivity index (χ2v) is 3.01. The average molecular weight is 284 g/mol. The van der Waals surface area contributed by atoms with Crippen LogP contribution in [-0.2, 0) is 33.4 Å². The first-order valence-corrected chi connectivity index (χ1v) is 5.13. The molecule has 0 atom stereocenters. The molecule has 0 aliphatic rings. The van der Waals surface area contributed by atoms with Crippen LogP contribution in [0.2, 0.25) is 0 Å². The molecule has 0 unspecified atom stereocenters. The van der Waals surface area contributed by atoms with E-state index >= 15 is 0 Å². The summed E-state index contributed by atoms with van der Waals surface area (Å²) in [5.41, 5.74) is 0. The van der Waals surface area contributed by atoms with Gasteiger partial charge in [-0.15, -0.1) is 0 Å². The molecule has 0 aromatic carbocycles. The van der Waals surface area contributed by atoms with Crippen LogP contribution < -0.4 is 0 Å². The highest BCUT2D eigenvalue weighted by Gasteiger charge is 2.18. The lowest BCUT2D eigenvalue weighted by Gasteiger charge is -2.16. The van der Waals surface area contributed by atoms with Crippen molar-refractivity contribution < 1.29 is 38.5 Å². The van der Waals surface area contributed by atoms with Crippen LogP contribution in [0.15, 0.2) is 37.5 Å². The summed E-state index contributed by atoms with van der Waals surface area (Å²) in [7, 11) is 0. The molecule has 0 spiro atoms. The van der Waals surface area contributed by atoms with Gasteiger partial charge in [-0.2, -0.15) is 0 Å². The standard InChI is InChI=1S/C12H12O8/c1-3-9(15)19-12(20-10(16)4-2)7-18-11(17)6-5-8(13)14/h3-6,12H,1-2,7H2,(H,13,14). The van der Waals surface area contributed by atoms with Gasteiger partial charge in [0.15, 0.2) is 6.61 Å². The fourth-order valence-corrected chi connectivity index (χ4v) is 0.785. The minimum absolute atomic E-state index is 0.558. The summed E-state index contributed by atoms with van der Waals surface area (Å²) in [5, 5.41) is 8.29. The molecule has 0 rings (SSSR count). The zero-order valence-corrected chi connectivity index (χ0v) is 10.3. The van der Waals surface area contributed by atoms with Gasteiger partial charge in [0.1, 0.15) is 0 Å². The number of carbonyl (C=O) groups is 4. The van der Waals surface area contributed by atoms with Gasteiger partial charge in [0, 0.05) is 24.3 Å².